The molecule has 4 N–H and O–H groups in total. The summed E-state index contributed by atoms with van der Waals surface area (Å²) in [5, 5.41) is 49.8. The molecular formula is C60H42N4O4. The monoisotopic (exact) mass is 882 g/mol. The molecular weight excluding hydrogens is 841 g/mol. The zero-order valence-electron chi connectivity index (χ0n) is 36.5. The van der Waals surface area contributed by atoms with Gasteiger partial charge in [0.05, 0.1) is 34.2 Å². The van der Waals surface area contributed by atoms with E-state index in [9.17, 15) is 20.4 Å². The Balaban J connectivity index is 1.09. The van der Waals surface area contributed by atoms with Gasteiger partial charge in [0.2, 0.25) is 0 Å². The Morgan fingerprint density at radius 1 is 0.338 bits per heavy atom. The van der Waals surface area contributed by atoms with Crippen molar-refractivity contribution in [2.24, 2.45) is 20.0 Å². The summed E-state index contributed by atoms with van der Waals surface area (Å²) in [5.41, 5.74) is 7.87. The fourth-order valence-electron chi connectivity index (χ4n) is 8.37. The van der Waals surface area contributed by atoms with E-state index >= 15 is 0 Å². The summed E-state index contributed by atoms with van der Waals surface area (Å²) in [6.07, 6.45) is 3.23. The summed E-state index contributed by atoms with van der Waals surface area (Å²) < 4.78 is 0. The van der Waals surface area contributed by atoms with Gasteiger partial charge in [-0.2, -0.15) is 0 Å². The van der Waals surface area contributed by atoms with Gasteiger partial charge in [0.25, 0.3) is 0 Å². The lowest BCUT2D eigenvalue weighted by atomic mass is 9.89. The zero-order chi connectivity index (χ0) is 46.4. The first-order valence-corrected chi connectivity index (χ1v) is 22.0. The molecule has 68 heavy (non-hydrogen) atoms. The van der Waals surface area contributed by atoms with Crippen molar-refractivity contribution in [3.05, 3.63) is 252 Å². The van der Waals surface area contributed by atoms with Crippen LogP contribution in [0.5, 0.6) is 23.0 Å². The van der Waals surface area contributed by atoms with Crippen molar-refractivity contribution < 1.29 is 20.4 Å². The first-order valence-electron chi connectivity index (χ1n) is 22.0. The van der Waals surface area contributed by atoms with Crippen molar-refractivity contribution in [2.75, 3.05) is 0 Å². The second-order valence-electron chi connectivity index (χ2n) is 16.0. The fourth-order valence-corrected chi connectivity index (χ4v) is 8.37. The maximum Gasteiger partial charge on any atom is 0.132 e. The Morgan fingerprint density at radius 2 is 0.676 bits per heavy atom. The molecule has 10 rings (SSSR count). The van der Waals surface area contributed by atoms with E-state index in [2.05, 4.69) is 0 Å². The molecule has 8 heteroatoms. The van der Waals surface area contributed by atoms with Gasteiger partial charge in [-0.1, -0.05) is 158 Å². The lowest BCUT2D eigenvalue weighted by Gasteiger charge is -2.17. The third-order valence-electron chi connectivity index (χ3n) is 11.7. The van der Waals surface area contributed by atoms with E-state index in [1.54, 1.807) is 36.7 Å². The fraction of sp³-hybridized carbons (Fsp3) is 0. The number of hydrogen-bond acceptors (Lipinski definition) is 8. The highest BCUT2D eigenvalue weighted by Gasteiger charge is 2.22. The van der Waals surface area contributed by atoms with E-state index in [0.29, 0.717) is 67.6 Å². The lowest BCUT2D eigenvalue weighted by molar-refractivity contribution is 0.469. The van der Waals surface area contributed by atoms with E-state index in [4.69, 9.17) is 20.0 Å². The van der Waals surface area contributed by atoms with Gasteiger partial charge in [0.15, 0.2) is 0 Å². The van der Waals surface area contributed by atoms with Gasteiger partial charge in [0, 0.05) is 56.9 Å². The van der Waals surface area contributed by atoms with Crippen molar-refractivity contribution >= 4 is 68.1 Å². The minimum absolute atomic E-state index is 0.0700. The summed E-state index contributed by atoms with van der Waals surface area (Å²) in [6.45, 7) is 0. The molecule has 0 unspecified atom stereocenters. The topological polar surface area (TPSA) is 130 Å². The van der Waals surface area contributed by atoms with E-state index < -0.39 is 0 Å². The summed E-state index contributed by atoms with van der Waals surface area (Å²) >= 11 is 0. The number of rotatable bonds is 11. The molecule has 0 spiro atoms. The standard InChI is InChI=1S/C60H42N4O4/c65-53-33-17-11-27-47(53)57(39-19-3-1-4-20-39)63-51-31-15-13-29-49(51)61-37-43-35-41-23-7-9-25-45(41)55(59(43)67)56-46-26-10-8-24-42(46)36-44(60(56)68)38-62-50-30-14-16-32-52(50)64-58(40-21-5-2-6-22-40)48-28-12-18-34-54(48)66/h1-38,65-68H. The average molecular weight is 883 g/mol. The van der Waals surface area contributed by atoms with Crippen molar-refractivity contribution in [2.45, 2.75) is 0 Å². The normalized spacial score (nSPS) is 12.1. The van der Waals surface area contributed by atoms with Crippen LogP contribution < -0.4 is 0 Å². The number of phenols is 4. The molecule has 0 amide bonds. The summed E-state index contributed by atoms with van der Waals surface area (Å²) in [5.74, 6) is 0.0693. The quantitative estimate of drug-likeness (QED) is 0.0964. The van der Waals surface area contributed by atoms with Gasteiger partial charge in [-0.05, 0) is 82.2 Å². The molecule has 8 nitrogen and oxygen atoms in total. The molecule has 0 saturated heterocycles. The van der Waals surface area contributed by atoms with Crippen LogP contribution in [0.15, 0.2) is 238 Å². The molecule has 0 fully saturated rings. The Kier molecular flexibility index (Phi) is 11.9. The van der Waals surface area contributed by atoms with Crippen LogP contribution in [0.4, 0.5) is 22.7 Å². The summed E-state index contributed by atoms with van der Waals surface area (Å²) in [4.78, 5) is 20.0. The van der Waals surface area contributed by atoms with Gasteiger partial charge in [-0.15, -0.1) is 0 Å². The van der Waals surface area contributed by atoms with Gasteiger partial charge in [-0.25, -0.2) is 9.98 Å². The predicted molar refractivity (Wildman–Crippen MR) is 277 cm³/mol. The Labute approximate surface area is 392 Å². The van der Waals surface area contributed by atoms with Crippen LogP contribution in [0.2, 0.25) is 0 Å². The molecule has 10 aromatic carbocycles. The number of aliphatic imine (C=N–C) groups is 4. The molecule has 326 valence electrons. The number of aromatic hydroxyl groups is 4. The molecule has 0 aliphatic heterocycles. The minimum Gasteiger partial charge on any atom is -0.507 e. The second kappa shape index (κ2) is 19.0. The number of hydrogen-bond donors (Lipinski definition) is 4. The Bertz CT molecular complexity index is 3380. The number of para-hydroxylation sites is 6. The molecule has 10 aromatic rings. The smallest absolute Gasteiger partial charge is 0.132 e. The second-order valence-corrected chi connectivity index (χ2v) is 16.0. The molecule has 0 radical (unpaired) electrons. The van der Waals surface area contributed by atoms with E-state index in [1.807, 2.05) is 194 Å². The highest BCUT2D eigenvalue weighted by atomic mass is 16.3. The van der Waals surface area contributed by atoms with Gasteiger partial charge in [-0.3, -0.25) is 9.98 Å². The minimum atomic E-state index is -0.0700. The van der Waals surface area contributed by atoms with Crippen molar-refractivity contribution in [1.29, 1.82) is 0 Å². The molecule has 0 saturated carbocycles. The maximum absolute atomic E-state index is 12.4. The highest BCUT2D eigenvalue weighted by molar-refractivity contribution is 6.17. The van der Waals surface area contributed by atoms with Crippen LogP contribution in [0, 0.1) is 0 Å². The van der Waals surface area contributed by atoms with Crippen molar-refractivity contribution in [3.8, 4) is 34.1 Å². The number of benzene rings is 10. The van der Waals surface area contributed by atoms with Gasteiger partial charge >= 0.3 is 0 Å². The van der Waals surface area contributed by atoms with E-state index in [0.717, 1.165) is 32.7 Å². The largest absolute Gasteiger partial charge is 0.507 e. The molecule has 0 aromatic heterocycles. The third kappa shape index (κ3) is 8.60. The SMILES string of the molecule is Oc1ccccc1C(=Nc1ccccc1N=Cc1cc2ccccc2c(-c2c(O)c(C=Nc3ccccc3N=C(c3ccccc3)c3ccccc3O)cc3ccccc23)c1O)c1ccccc1. The van der Waals surface area contributed by atoms with Gasteiger partial charge < -0.3 is 20.4 Å². The molecule has 0 aliphatic carbocycles. The highest BCUT2D eigenvalue weighted by Crippen LogP contribution is 2.47. The number of nitrogens with zero attached hydrogens (tertiary/aromatic N) is 4. The summed E-state index contributed by atoms with van der Waals surface area (Å²) in [6, 6.07) is 67.7. The molecule has 0 atom stereocenters. The zero-order valence-corrected chi connectivity index (χ0v) is 36.5. The number of phenolic OH excluding ortho intramolecular Hbond substituents is 4. The maximum atomic E-state index is 12.4. The Hall–Kier alpha value is -9.40. The molecule has 0 aliphatic rings. The van der Waals surface area contributed by atoms with Crippen LogP contribution in [0.3, 0.4) is 0 Å². The van der Waals surface area contributed by atoms with Crippen LogP contribution >= 0.6 is 0 Å². The van der Waals surface area contributed by atoms with E-state index in [-0.39, 0.29) is 23.0 Å². The first kappa shape index (κ1) is 42.5. The predicted octanol–water partition coefficient (Wildman–Crippen LogP) is 14.3. The van der Waals surface area contributed by atoms with Crippen molar-refractivity contribution in [3.63, 3.8) is 0 Å². The van der Waals surface area contributed by atoms with Crippen LogP contribution in [0.1, 0.15) is 33.4 Å². The number of fused-ring (bicyclic) bond motifs is 2. The van der Waals surface area contributed by atoms with E-state index in [1.165, 1.54) is 0 Å². The molecule has 0 bridgehead atoms. The van der Waals surface area contributed by atoms with Crippen LogP contribution in [0.25, 0.3) is 32.7 Å². The summed E-state index contributed by atoms with van der Waals surface area (Å²) in [7, 11) is 0. The van der Waals surface area contributed by atoms with Crippen molar-refractivity contribution in [1.82, 2.24) is 0 Å². The van der Waals surface area contributed by atoms with Crippen LogP contribution in [-0.4, -0.2) is 44.3 Å². The van der Waals surface area contributed by atoms with Crippen LogP contribution in [-0.2, 0) is 0 Å². The third-order valence-corrected chi connectivity index (χ3v) is 11.7. The average Bonchev–Trinajstić information content (AvgIpc) is 3.38. The Morgan fingerprint density at radius 3 is 1.09 bits per heavy atom. The molecule has 0 heterocycles. The van der Waals surface area contributed by atoms with Gasteiger partial charge in [0.1, 0.15) is 23.0 Å². The lowest BCUT2D eigenvalue weighted by Crippen LogP contribution is -2.03. The first-order chi connectivity index (χ1) is 33.4.